The molecule has 1 aromatic carbocycles. The first-order valence-electron chi connectivity index (χ1n) is 10.6. The number of ether oxygens (including phenoxy) is 2. The van der Waals surface area contributed by atoms with E-state index in [-0.39, 0.29) is 12.0 Å². The molecule has 162 valence electrons. The number of hydrogen-bond donors (Lipinski definition) is 1. The monoisotopic (exact) mass is 423 g/mol. The van der Waals surface area contributed by atoms with Crippen LogP contribution in [0, 0.1) is 0 Å². The summed E-state index contributed by atoms with van der Waals surface area (Å²) >= 11 is 0. The van der Waals surface area contributed by atoms with Crippen LogP contribution in [0.3, 0.4) is 0 Å². The van der Waals surface area contributed by atoms with Crippen molar-refractivity contribution in [3.05, 3.63) is 47.7 Å². The summed E-state index contributed by atoms with van der Waals surface area (Å²) in [5.74, 6) is 2.54. The van der Waals surface area contributed by atoms with Gasteiger partial charge >= 0.3 is 0 Å². The topological polar surface area (TPSA) is 106 Å². The van der Waals surface area contributed by atoms with Crippen LogP contribution in [-0.4, -0.2) is 57.4 Å². The number of amides is 1. The number of methoxy groups -OCH3 is 1. The third-order valence-electron chi connectivity index (χ3n) is 5.85. The van der Waals surface area contributed by atoms with Gasteiger partial charge in [0.1, 0.15) is 12.4 Å². The first-order chi connectivity index (χ1) is 15.2. The van der Waals surface area contributed by atoms with E-state index >= 15 is 0 Å². The van der Waals surface area contributed by atoms with Crippen LogP contribution in [0.15, 0.2) is 35.0 Å². The number of carbonyl (C=O) groups is 1. The van der Waals surface area contributed by atoms with Gasteiger partial charge in [0.25, 0.3) is 11.8 Å². The summed E-state index contributed by atoms with van der Waals surface area (Å²) in [6, 6.07) is 7.55. The zero-order chi connectivity index (χ0) is 21.2. The van der Waals surface area contributed by atoms with Crippen LogP contribution >= 0.6 is 0 Å². The van der Waals surface area contributed by atoms with Gasteiger partial charge in [0.15, 0.2) is 5.82 Å². The SMILES string of the molecule is COc1ccc(-c2[nH]ncc2C(=O)N2CCC(OCc3nc(C4CC4)no3)CC2)cc1. The van der Waals surface area contributed by atoms with Crippen LogP contribution in [0.2, 0.25) is 0 Å². The van der Waals surface area contributed by atoms with Crippen molar-refractivity contribution in [3.8, 4) is 17.0 Å². The molecular formula is C22H25N5O4. The van der Waals surface area contributed by atoms with Crippen molar-refractivity contribution in [3.63, 3.8) is 0 Å². The van der Waals surface area contributed by atoms with E-state index in [1.54, 1.807) is 13.3 Å². The third kappa shape index (κ3) is 4.32. The second-order valence-corrected chi connectivity index (χ2v) is 8.01. The molecule has 1 amide bonds. The molecule has 1 saturated carbocycles. The quantitative estimate of drug-likeness (QED) is 0.622. The van der Waals surface area contributed by atoms with Gasteiger partial charge < -0.3 is 18.9 Å². The number of carbonyl (C=O) groups excluding carboxylic acids is 1. The van der Waals surface area contributed by atoms with Gasteiger partial charge in [-0.15, -0.1) is 0 Å². The lowest BCUT2D eigenvalue weighted by Crippen LogP contribution is -2.40. The molecule has 1 N–H and O–H groups in total. The third-order valence-corrected chi connectivity index (χ3v) is 5.85. The van der Waals surface area contributed by atoms with Gasteiger partial charge in [-0.25, -0.2) is 0 Å². The van der Waals surface area contributed by atoms with Gasteiger partial charge in [-0.3, -0.25) is 9.89 Å². The lowest BCUT2D eigenvalue weighted by Gasteiger charge is -2.31. The Kier molecular flexibility index (Phi) is 5.42. The van der Waals surface area contributed by atoms with Crippen LogP contribution in [0.1, 0.15) is 53.7 Å². The minimum absolute atomic E-state index is 0.0241. The van der Waals surface area contributed by atoms with Gasteiger partial charge in [-0.2, -0.15) is 10.1 Å². The number of H-pyrrole nitrogens is 1. The number of benzene rings is 1. The number of nitrogens with zero attached hydrogens (tertiary/aromatic N) is 4. The Morgan fingerprint density at radius 2 is 1.97 bits per heavy atom. The molecule has 1 saturated heterocycles. The van der Waals surface area contributed by atoms with E-state index in [0.717, 1.165) is 42.8 Å². The molecule has 2 aliphatic rings. The fourth-order valence-electron chi connectivity index (χ4n) is 3.85. The fraction of sp³-hybridized carbons (Fsp3) is 0.455. The lowest BCUT2D eigenvalue weighted by atomic mass is 10.0. The van der Waals surface area contributed by atoms with Gasteiger partial charge in [0.05, 0.1) is 30.7 Å². The molecule has 0 radical (unpaired) electrons. The highest BCUT2D eigenvalue weighted by Gasteiger charge is 2.30. The van der Waals surface area contributed by atoms with Gasteiger partial charge in [-0.1, -0.05) is 5.16 Å². The van der Waals surface area contributed by atoms with Crippen molar-refractivity contribution in [2.75, 3.05) is 20.2 Å². The summed E-state index contributed by atoms with van der Waals surface area (Å²) in [5, 5.41) is 11.1. The van der Waals surface area contributed by atoms with Crippen LogP contribution in [-0.2, 0) is 11.3 Å². The zero-order valence-corrected chi connectivity index (χ0v) is 17.4. The number of aromatic nitrogens is 4. The summed E-state index contributed by atoms with van der Waals surface area (Å²) in [4.78, 5) is 19.4. The Balaban J connectivity index is 1.16. The molecule has 3 aromatic rings. The fourth-order valence-corrected chi connectivity index (χ4v) is 3.85. The van der Waals surface area contributed by atoms with Crippen molar-refractivity contribution in [1.29, 1.82) is 0 Å². The number of likely N-dealkylation sites (tertiary alicyclic amines) is 1. The molecule has 5 rings (SSSR count). The van der Waals surface area contributed by atoms with E-state index < -0.39 is 0 Å². The highest BCUT2D eigenvalue weighted by molar-refractivity contribution is 5.99. The van der Waals surface area contributed by atoms with E-state index in [1.807, 2.05) is 29.2 Å². The van der Waals surface area contributed by atoms with E-state index in [2.05, 4.69) is 20.3 Å². The second kappa shape index (κ2) is 8.50. The van der Waals surface area contributed by atoms with E-state index in [9.17, 15) is 4.79 Å². The normalized spacial score (nSPS) is 17.1. The molecule has 0 spiro atoms. The van der Waals surface area contributed by atoms with Crippen LogP contribution in [0.4, 0.5) is 0 Å². The minimum atomic E-state index is -0.0241. The number of nitrogens with one attached hydrogen (secondary N) is 1. The maximum absolute atomic E-state index is 13.1. The Morgan fingerprint density at radius 3 is 2.68 bits per heavy atom. The second-order valence-electron chi connectivity index (χ2n) is 8.01. The van der Waals surface area contributed by atoms with Crippen molar-refractivity contribution in [2.45, 2.75) is 44.3 Å². The Morgan fingerprint density at radius 1 is 1.19 bits per heavy atom. The molecule has 0 atom stereocenters. The molecule has 2 fully saturated rings. The van der Waals surface area contributed by atoms with Gasteiger partial charge in [0.2, 0.25) is 0 Å². The number of piperidine rings is 1. The highest BCUT2D eigenvalue weighted by atomic mass is 16.5. The van der Waals surface area contributed by atoms with Crippen molar-refractivity contribution >= 4 is 5.91 Å². The predicted octanol–water partition coefficient (Wildman–Crippen LogP) is 3.17. The Hall–Kier alpha value is -3.20. The highest BCUT2D eigenvalue weighted by Crippen LogP contribution is 2.38. The molecule has 31 heavy (non-hydrogen) atoms. The average molecular weight is 423 g/mol. The first kappa shape index (κ1) is 19.7. The molecule has 0 unspecified atom stereocenters. The molecule has 1 aliphatic heterocycles. The summed E-state index contributed by atoms with van der Waals surface area (Å²) in [6.45, 7) is 1.59. The zero-order valence-electron chi connectivity index (χ0n) is 17.4. The van der Waals surface area contributed by atoms with Gasteiger partial charge in [-0.05, 0) is 49.9 Å². The van der Waals surface area contributed by atoms with Crippen molar-refractivity contribution in [1.82, 2.24) is 25.2 Å². The molecule has 9 heteroatoms. The maximum atomic E-state index is 13.1. The first-order valence-corrected chi connectivity index (χ1v) is 10.6. The van der Waals surface area contributed by atoms with E-state index in [1.165, 1.54) is 0 Å². The van der Waals surface area contributed by atoms with Crippen LogP contribution < -0.4 is 4.74 Å². The molecular weight excluding hydrogens is 398 g/mol. The summed E-state index contributed by atoms with van der Waals surface area (Å²) < 4.78 is 16.4. The average Bonchev–Trinajstić information content (AvgIpc) is 3.35. The van der Waals surface area contributed by atoms with Crippen LogP contribution in [0.5, 0.6) is 5.75 Å². The predicted molar refractivity (Wildman–Crippen MR) is 111 cm³/mol. The number of aromatic amines is 1. The molecule has 1 aliphatic carbocycles. The van der Waals surface area contributed by atoms with Gasteiger partial charge in [0, 0.05) is 24.6 Å². The standard InChI is InChI=1S/C22H25N5O4/c1-29-16-6-4-14(5-7-16)20-18(12-23-25-20)22(28)27-10-8-17(9-11-27)30-13-19-24-21(26-31-19)15-2-3-15/h4-7,12,15,17H,2-3,8-11,13H2,1H3,(H,23,25). The summed E-state index contributed by atoms with van der Waals surface area (Å²) in [7, 11) is 1.63. The van der Waals surface area contributed by atoms with E-state index in [4.69, 9.17) is 14.0 Å². The maximum Gasteiger partial charge on any atom is 0.257 e. The molecule has 3 heterocycles. The Labute approximate surface area is 179 Å². The summed E-state index contributed by atoms with van der Waals surface area (Å²) in [5.41, 5.74) is 2.18. The molecule has 2 aromatic heterocycles. The molecule has 0 bridgehead atoms. The lowest BCUT2D eigenvalue weighted by molar-refractivity contribution is -0.00976. The van der Waals surface area contributed by atoms with E-state index in [0.29, 0.717) is 42.8 Å². The Bertz CT molecular complexity index is 1030. The van der Waals surface area contributed by atoms with Crippen molar-refractivity contribution < 1.29 is 18.8 Å². The molecule has 9 nitrogen and oxygen atoms in total. The number of hydrogen-bond acceptors (Lipinski definition) is 7. The summed E-state index contributed by atoms with van der Waals surface area (Å²) in [6.07, 6.45) is 5.49. The van der Waals surface area contributed by atoms with Crippen molar-refractivity contribution in [2.24, 2.45) is 0 Å². The van der Waals surface area contributed by atoms with Crippen LogP contribution in [0.25, 0.3) is 11.3 Å². The number of rotatable bonds is 7. The minimum Gasteiger partial charge on any atom is -0.497 e. The smallest absolute Gasteiger partial charge is 0.257 e. The largest absolute Gasteiger partial charge is 0.497 e.